The molecule has 39 heavy (non-hydrogen) atoms. The molecule has 0 saturated carbocycles. The molecule has 0 radical (unpaired) electrons. The Morgan fingerprint density at radius 3 is 2.26 bits per heavy atom. The van der Waals surface area contributed by atoms with Crippen molar-refractivity contribution in [3.8, 4) is 28.5 Å². The molecule has 11 heteroatoms. The summed E-state index contributed by atoms with van der Waals surface area (Å²) in [5, 5.41) is 0.250. The smallest absolute Gasteiger partial charge is 0.424 e. The van der Waals surface area contributed by atoms with Crippen molar-refractivity contribution in [2.45, 2.75) is 58.7 Å². The Labute approximate surface area is 229 Å². The number of methoxy groups -OCH3 is 1. The summed E-state index contributed by atoms with van der Waals surface area (Å²) in [7, 11) is 0.853. The second kappa shape index (κ2) is 11.5. The number of ketones is 1. The lowest BCUT2D eigenvalue weighted by Gasteiger charge is -2.30. The first-order valence-corrected chi connectivity index (χ1v) is 12.6. The van der Waals surface area contributed by atoms with Crippen LogP contribution in [0.3, 0.4) is 0 Å². The van der Waals surface area contributed by atoms with Crippen molar-refractivity contribution in [3.05, 3.63) is 63.5 Å². The van der Waals surface area contributed by atoms with Crippen LogP contribution in [0.1, 0.15) is 52.5 Å². The van der Waals surface area contributed by atoms with Gasteiger partial charge >= 0.3 is 11.9 Å². The first-order valence-electron chi connectivity index (χ1n) is 12.2. The van der Waals surface area contributed by atoms with E-state index in [1.165, 1.54) is 6.07 Å². The molecule has 0 aliphatic carbocycles. The van der Waals surface area contributed by atoms with Gasteiger partial charge in [0.1, 0.15) is 11.6 Å². The van der Waals surface area contributed by atoms with Gasteiger partial charge < -0.3 is 9.47 Å². The number of carbonyl (C=O) groups excluding carboxylic acids is 1. The van der Waals surface area contributed by atoms with Crippen molar-refractivity contribution >= 4 is 17.4 Å². The molecule has 0 saturated heterocycles. The summed E-state index contributed by atoms with van der Waals surface area (Å²) in [4.78, 5) is 36.0. The lowest BCUT2D eigenvalue weighted by Crippen LogP contribution is -2.51. The van der Waals surface area contributed by atoms with Crippen LogP contribution in [0.25, 0.3) is 22.8 Å². The van der Waals surface area contributed by atoms with Crippen LogP contribution in [0.4, 0.5) is 13.2 Å². The number of hydrogen-bond donors (Lipinski definition) is 1. The average molecular weight is 566 g/mol. The largest absolute Gasteiger partial charge is 0.493 e. The van der Waals surface area contributed by atoms with E-state index in [9.17, 15) is 22.8 Å². The number of benzene rings is 2. The quantitative estimate of drug-likeness (QED) is 0.314. The molecular formula is C28H31ClF3N3O4. The third-order valence-corrected chi connectivity index (χ3v) is 6.55. The summed E-state index contributed by atoms with van der Waals surface area (Å²) < 4.78 is 50.7. The van der Waals surface area contributed by atoms with Gasteiger partial charge in [-0.1, -0.05) is 45.4 Å². The van der Waals surface area contributed by atoms with Crippen molar-refractivity contribution in [1.82, 2.24) is 15.0 Å². The Morgan fingerprint density at radius 1 is 1.05 bits per heavy atom. The number of carbonyl (C=O) groups is 1. The minimum Gasteiger partial charge on any atom is -0.493 e. The Bertz CT molecular complexity index is 1380. The number of H-pyrrole nitrogens is 1. The highest BCUT2D eigenvalue weighted by Crippen LogP contribution is 2.37. The SMILES string of the molecule is COC(C)(C(=O)CC(C)c1ccc(Cl)c(-c2nc(-c3ccc(OCC(C)(C)C)cc3)nc(=O)[nH]2)c1)C(F)(F)F. The second-order valence-electron chi connectivity index (χ2n) is 10.7. The van der Waals surface area contributed by atoms with E-state index in [2.05, 4.69) is 40.5 Å². The summed E-state index contributed by atoms with van der Waals surface area (Å²) in [5.41, 5.74) is -2.15. The second-order valence-corrected chi connectivity index (χ2v) is 11.1. The molecule has 7 nitrogen and oxygen atoms in total. The van der Waals surface area contributed by atoms with E-state index < -0.39 is 35.6 Å². The molecule has 210 valence electrons. The van der Waals surface area contributed by atoms with E-state index in [-0.39, 0.29) is 22.1 Å². The number of aromatic amines is 1. The highest BCUT2D eigenvalue weighted by Gasteiger charge is 2.57. The molecule has 2 atom stereocenters. The van der Waals surface area contributed by atoms with Gasteiger partial charge in [-0.05, 0) is 60.2 Å². The van der Waals surface area contributed by atoms with Crippen LogP contribution in [0.15, 0.2) is 47.3 Å². The van der Waals surface area contributed by atoms with Crippen LogP contribution in [-0.2, 0) is 9.53 Å². The third-order valence-electron chi connectivity index (χ3n) is 6.22. The highest BCUT2D eigenvalue weighted by atomic mass is 35.5. The fourth-order valence-corrected chi connectivity index (χ4v) is 3.86. The highest BCUT2D eigenvalue weighted by molar-refractivity contribution is 6.33. The summed E-state index contributed by atoms with van der Waals surface area (Å²) in [6.07, 6.45) is -5.29. The van der Waals surface area contributed by atoms with Gasteiger partial charge in [-0.15, -0.1) is 0 Å². The topological polar surface area (TPSA) is 94.2 Å². The zero-order chi connectivity index (χ0) is 29.2. The van der Waals surface area contributed by atoms with Crippen LogP contribution >= 0.6 is 11.6 Å². The molecule has 2 aromatic carbocycles. The molecule has 1 heterocycles. The third kappa shape index (κ3) is 7.24. The van der Waals surface area contributed by atoms with E-state index in [4.69, 9.17) is 16.3 Å². The maximum absolute atomic E-state index is 13.5. The summed E-state index contributed by atoms with van der Waals surface area (Å²) in [6.45, 7) is 9.04. The lowest BCUT2D eigenvalue weighted by molar-refractivity contribution is -0.252. The van der Waals surface area contributed by atoms with Crippen LogP contribution in [0.2, 0.25) is 5.02 Å². The summed E-state index contributed by atoms with van der Waals surface area (Å²) in [6, 6.07) is 11.7. The van der Waals surface area contributed by atoms with E-state index in [0.29, 0.717) is 36.0 Å². The molecule has 0 bridgehead atoms. The van der Waals surface area contributed by atoms with Gasteiger partial charge in [0.2, 0.25) is 5.60 Å². The summed E-state index contributed by atoms with van der Waals surface area (Å²) >= 11 is 6.40. The minimum atomic E-state index is -4.86. The predicted molar refractivity (Wildman–Crippen MR) is 143 cm³/mol. The number of halogens is 4. The molecule has 0 aliphatic rings. The first kappa shape index (κ1) is 30.3. The number of nitrogens with one attached hydrogen (secondary N) is 1. The number of aromatic nitrogens is 3. The van der Waals surface area contributed by atoms with Crippen LogP contribution in [0.5, 0.6) is 5.75 Å². The average Bonchev–Trinajstić information content (AvgIpc) is 2.85. The monoisotopic (exact) mass is 565 g/mol. The summed E-state index contributed by atoms with van der Waals surface area (Å²) in [5.74, 6) is -0.774. The van der Waals surface area contributed by atoms with E-state index in [1.54, 1.807) is 43.3 Å². The van der Waals surface area contributed by atoms with Gasteiger partial charge in [0.25, 0.3) is 0 Å². The fraction of sp³-hybridized carbons (Fsp3) is 0.429. The maximum atomic E-state index is 13.5. The number of rotatable bonds is 9. The lowest BCUT2D eigenvalue weighted by atomic mass is 9.88. The molecule has 0 aliphatic heterocycles. The van der Waals surface area contributed by atoms with Gasteiger partial charge in [-0.2, -0.15) is 18.2 Å². The Morgan fingerprint density at radius 2 is 1.69 bits per heavy atom. The molecule has 3 aromatic rings. The van der Waals surface area contributed by atoms with Crippen molar-refractivity contribution in [3.63, 3.8) is 0 Å². The van der Waals surface area contributed by atoms with Crippen LogP contribution in [-0.4, -0.2) is 46.2 Å². The van der Waals surface area contributed by atoms with Gasteiger partial charge in [-0.25, -0.2) is 9.78 Å². The molecule has 1 N–H and O–H groups in total. The van der Waals surface area contributed by atoms with Crippen molar-refractivity contribution in [1.29, 1.82) is 0 Å². The van der Waals surface area contributed by atoms with Gasteiger partial charge in [0, 0.05) is 24.7 Å². The number of Topliss-reactive ketones (excluding diaryl/α,β-unsaturated/α-hetero) is 1. The molecule has 1 aromatic heterocycles. The van der Waals surface area contributed by atoms with Gasteiger partial charge in [0.15, 0.2) is 11.6 Å². The fourth-order valence-electron chi connectivity index (χ4n) is 3.65. The zero-order valence-electron chi connectivity index (χ0n) is 22.6. The predicted octanol–water partition coefficient (Wildman–Crippen LogP) is 6.61. The Kier molecular flexibility index (Phi) is 8.92. The molecule has 3 rings (SSSR count). The van der Waals surface area contributed by atoms with Crippen molar-refractivity contribution < 1.29 is 27.4 Å². The number of ether oxygens (including phenoxy) is 2. The minimum absolute atomic E-state index is 0.0101. The van der Waals surface area contributed by atoms with E-state index >= 15 is 0 Å². The molecule has 0 spiro atoms. The zero-order valence-corrected chi connectivity index (χ0v) is 23.3. The van der Waals surface area contributed by atoms with Crippen LogP contribution in [0, 0.1) is 5.41 Å². The molecular weight excluding hydrogens is 535 g/mol. The van der Waals surface area contributed by atoms with E-state index in [0.717, 1.165) is 7.11 Å². The molecule has 0 amide bonds. The first-order chi connectivity index (χ1) is 18.0. The van der Waals surface area contributed by atoms with Gasteiger partial charge in [0.05, 0.1) is 11.6 Å². The maximum Gasteiger partial charge on any atom is 0.424 e. The van der Waals surface area contributed by atoms with Crippen molar-refractivity contribution in [2.24, 2.45) is 5.41 Å². The van der Waals surface area contributed by atoms with E-state index in [1.807, 2.05) is 0 Å². The Balaban J connectivity index is 1.90. The van der Waals surface area contributed by atoms with Crippen LogP contribution < -0.4 is 10.4 Å². The number of hydrogen-bond acceptors (Lipinski definition) is 6. The van der Waals surface area contributed by atoms with Crippen molar-refractivity contribution in [2.75, 3.05) is 13.7 Å². The number of alkyl halides is 3. The number of nitrogens with zero attached hydrogens (tertiary/aromatic N) is 2. The normalized spacial score (nSPS) is 14.5. The Hall–Kier alpha value is -3.24. The van der Waals surface area contributed by atoms with Gasteiger partial charge in [-0.3, -0.25) is 9.78 Å². The molecule has 0 fully saturated rings. The molecule has 2 unspecified atom stereocenters. The standard InChI is InChI=1S/C28H31ClF3N3O4/c1-16(13-22(36)27(5,38-6)28(30,31)32)18-9-12-21(29)20(14-18)24-33-23(34-25(37)35-24)17-7-10-19(11-8-17)39-15-26(2,3)4/h7-12,14,16H,13,15H2,1-6H3,(H,33,34,35,37).